The van der Waals surface area contributed by atoms with Crippen molar-refractivity contribution in [3.8, 4) is 11.5 Å². The van der Waals surface area contributed by atoms with Gasteiger partial charge in [0.25, 0.3) is 0 Å². The van der Waals surface area contributed by atoms with E-state index in [4.69, 9.17) is 9.47 Å². The molecule has 0 aromatic heterocycles. The Morgan fingerprint density at radius 2 is 2.00 bits per heavy atom. The van der Waals surface area contributed by atoms with Crippen molar-refractivity contribution in [1.82, 2.24) is 14.7 Å². The van der Waals surface area contributed by atoms with Gasteiger partial charge in [0.05, 0.1) is 19.6 Å². The van der Waals surface area contributed by atoms with Crippen LogP contribution in [0.25, 0.3) is 0 Å². The van der Waals surface area contributed by atoms with Gasteiger partial charge in [0, 0.05) is 37.8 Å². The van der Waals surface area contributed by atoms with Crippen LogP contribution >= 0.6 is 0 Å². The van der Waals surface area contributed by atoms with E-state index >= 15 is 0 Å². The van der Waals surface area contributed by atoms with Gasteiger partial charge in [0.2, 0.25) is 5.91 Å². The molecule has 2 aliphatic heterocycles. The molecule has 1 amide bonds. The lowest BCUT2D eigenvalue weighted by Gasteiger charge is -2.35. The summed E-state index contributed by atoms with van der Waals surface area (Å²) in [5, 5.41) is 0. The lowest BCUT2D eigenvalue weighted by molar-refractivity contribution is -0.131. The lowest BCUT2D eigenvalue weighted by atomic mass is 10.1. The second kappa shape index (κ2) is 10.4. The molecule has 0 saturated carbocycles. The Kier molecular flexibility index (Phi) is 7.33. The highest BCUT2D eigenvalue weighted by Gasteiger charge is 2.33. The monoisotopic (exact) mass is 437 g/mol. The van der Waals surface area contributed by atoms with Crippen LogP contribution in [0, 0.1) is 0 Å². The van der Waals surface area contributed by atoms with Crippen LogP contribution in [-0.4, -0.2) is 80.1 Å². The molecule has 0 aliphatic carbocycles. The van der Waals surface area contributed by atoms with Gasteiger partial charge in [-0.3, -0.25) is 9.69 Å². The number of methoxy groups -OCH3 is 1. The number of ether oxygens (including phenoxy) is 2. The summed E-state index contributed by atoms with van der Waals surface area (Å²) in [5.41, 5.74) is 2.23. The highest BCUT2D eigenvalue weighted by atomic mass is 16.5. The van der Waals surface area contributed by atoms with E-state index in [-0.39, 0.29) is 18.0 Å². The minimum Gasteiger partial charge on any atom is -0.497 e. The van der Waals surface area contributed by atoms with Crippen molar-refractivity contribution in [2.75, 3.05) is 47.4 Å². The van der Waals surface area contributed by atoms with Gasteiger partial charge in [-0.2, -0.15) is 0 Å². The maximum absolute atomic E-state index is 13.2. The van der Waals surface area contributed by atoms with Gasteiger partial charge < -0.3 is 19.3 Å². The molecule has 2 heterocycles. The van der Waals surface area contributed by atoms with Gasteiger partial charge >= 0.3 is 0 Å². The largest absolute Gasteiger partial charge is 0.497 e. The van der Waals surface area contributed by atoms with Gasteiger partial charge in [0.15, 0.2) is 0 Å². The Labute approximate surface area is 191 Å². The van der Waals surface area contributed by atoms with Crippen molar-refractivity contribution in [2.45, 2.75) is 37.9 Å². The number of amides is 1. The number of carbonyl (C=O) groups is 1. The molecule has 2 aromatic rings. The fraction of sp³-hybridized carbons (Fsp3) is 0.500. The average molecular weight is 438 g/mol. The Hall–Kier alpha value is -2.57. The van der Waals surface area contributed by atoms with Crippen molar-refractivity contribution in [1.29, 1.82) is 0 Å². The first-order valence-electron chi connectivity index (χ1n) is 11.6. The molecule has 2 atom stereocenters. The van der Waals surface area contributed by atoms with E-state index in [0.29, 0.717) is 13.0 Å². The Morgan fingerprint density at radius 1 is 1.16 bits per heavy atom. The molecule has 1 fully saturated rings. The molecule has 0 unspecified atom stereocenters. The molecule has 0 radical (unpaired) electrons. The third-order valence-electron chi connectivity index (χ3n) is 6.50. The van der Waals surface area contributed by atoms with Crippen LogP contribution in [0.4, 0.5) is 0 Å². The van der Waals surface area contributed by atoms with Crippen LogP contribution in [0.3, 0.4) is 0 Å². The Balaban J connectivity index is 1.47. The van der Waals surface area contributed by atoms with Crippen LogP contribution < -0.4 is 9.47 Å². The zero-order valence-corrected chi connectivity index (χ0v) is 19.5. The summed E-state index contributed by atoms with van der Waals surface area (Å²) in [5.74, 6) is 1.98. The second-order valence-corrected chi connectivity index (χ2v) is 9.18. The van der Waals surface area contributed by atoms with Crippen LogP contribution in [0.15, 0.2) is 48.5 Å². The Bertz CT molecular complexity index is 917. The van der Waals surface area contributed by atoms with E-state index in [1.807, 2.05) is 30.3 Å². The average Bonchev–Trinajstić information content (AvgIpc) is 3.18. The van der Waals surface area contributed by atoms with E-state index in [9.17, 15) is 4.79 Å². The molecular formula is C26H35N3O3. The first kappa shape index (κ1) is 22.6. The maximum atomic E-state index is 13.2. The topological polar surface area (TPSA) is 45.3 Å². The smallest absolute Gasteiger partial charge is 0.227 e. The van der Waals surface area contributed by atoms with E-state index in [0.717, 1.165) is 56.1 Å². The third kappa shape index (κ3) is 5.43. The van der Waals surface area contributed by atoms with Crippen LogP contribution in [0.5, 0.6) is 11.5 Å². The molecule has 0 N–H and O–H groups in total. The maximum Gasteiger partial charge on any atom is 0.227 e. The van der Waals surface area contributed by atoms with Gasteiger partial charge in [-0.25, -0.2) is 0 Å². The summed E-state index contributed by atoms with van der Waals surface area (Å²) in [6.45, 7) is 4.16. The number of hydrogen-bond donors (Lipinski definition) is 0. The summed E-state index contributed by atoms with van der Waals surface area (Å²) in [4.78, 5) is 20.1. The molecular weight excluding hydrogens is 402 g/mol. The zero-order chi connectivity index (χ0) is 22.5. The van der Waals surface area contributed by atoms with E-state index in [2.05, 4.69) is 47.0 Å². The molecule has 0 spiro atoms. The highest BCUT2D eigenvalue weighted by molar-refractivity contribution is 5.79. The summed E-state index contributed by atoms with van der Waals surface area (Å²) >= 11 is 0. The molecule has 32 heavy (non-hydrogen) atoms. The van der Waals surface area contributed by atoms with Gasteiger partial charge in [-0.05, 0) is 50.7 Å². The quantitative estimate of drug-likeness (QED) is 0.666. The number of likely N-dealkylation sites (N-methyl/N-ethyl adjacent to an activating group) is 1. The second-order valence-electron chi connectivity index (χ2n) is 9.18. The minimum atomic E-state index is 0.205. The number of nitrogens with zero attached hydrogens (tertiary/aromatic N) is 3. The standard InChI is InChI=1S/C26H35N3O3/c1-27(2)17-23-19-32-25-12-5-4-9-21(25)16-28(23)18-22-10-7-13-29(22)26(30)15-20-8-6-11-24(14-20)31-3/h4-6,8-9,11-12,14,22-23H,7,10,13,15-19H2,1-3H3/t22-,23+/m0/s1. The number of benzene rings is 2. The van der Waals surface area contributed by atoms with Crippen LogP contribution in [-0.2, 0) is 17.8 Å². The summed E-state index contributed by atoms with van der Waals surface area (Å²) in [6.07, 6.45) is 2.53. The predicted octanol–water partition coefficient (Wildman–Crippen LogP) is 3.05. The van der Waals surface area contributed by atoms with E-state index in [1.165, 1.54) is 5.56 Å². The minimum absolute atomic E-state index is 0.205. The predicted molar refractivity (Wildman–Crippen MR) is 126 cm³/mol. The number of likely N-dealkylation sites (tertiary alicyclic amines) is 1. The van der Waals surface area contributed by atoms with Crippen molar-refractivity contribution in [3.63, 3.8) is 0 Å². The molecule has 2 aliphatic rings. The highest BCUT2D eigenvalue weighted by Crippen LogP contribution is 2.28. The number of carbonyl (C=O) groups excluding carboxylic acids is 1. The number of hydrogen-bond acceptors (Lipinski definition) is 5. The fourth-order valence-electron chi connectivity index (χ4n) is 4.90. The first-order chi connectivity index (χ1) is 15.5. The Morgan fingerprint density at radius 3 is 2.81 bits per heavy atom. The van der Waals surface area contributed by atoms with Crippen molar-refractivity contribution < 1.29 is 14.3 Å². The first-order valence-corrected chi connectivity index (χ1v) is 11.6. The van der Waals surface area contributed by atoms with Crippen molar-refractivity contribution >= 4 is 5.91 Å². The summed E-state index contributed by atoms with van der Waals surface area (Å²) < 4.78 is 11.5. The normalized spacial score (nSPS) is 21.2. The van der Waals surface area contributed by atoms with Crippen LogP contribution in [0.1, 0.15) is 24.0 Å². The van der Waals surface area contributed by atoms with Gasteiger partial charge in [-0.1, -0.05) is 30.3 Å². The van der Waals surface area contributed by atoms with E-state index in [1.54, 1.807) is 7.11 Å². The zero-order valence-electron chi connectivity index (χ0n) is 19.5. The summed E-state index contributed by atoms with van der Waals surface area (Å²) in [7, 11) is 5.87. The molecule has 0 bridgehead atoms. The van der Waals surface area contributed by atoms with Crippen molar-refractivity contribution in [2.24, 2.45) is 0 Å². The number of rotatable bonds is 7. The molecule has 6 heteroatoms. The molecule has 2 aromatic carbocycles. The molecule has 4 rings (SSSR count). The molecule has 1 saturated heterocycles. The molecule has 6 nitrogen and oxygen atoms in total. The van der Waals surface area contributed by atoms with Crippen molar-refractivity contribution in [3.05, 3.63) is 59.7 Å². The molecule has 172 valence electrons. The van der Waals surface area contributed by atoms with Gasteiger partial charge in [-0.15, -0.1) is 0 Å². The lowest BCUT2D eigenvalue weighted by Crippen LogP contribution is -2.50. The third-order valence-corrected chi connectivity index (χ3v) is 6.50. The fourth-order valence-corrected chi connectivity index (χ4v) is 4.90. The SMILES string of the molecule is COc1cccc(CC(=O)N2CCC[C@H]2CN2Cc3ccccc3OC[C@H]2CN(C)C)c1. The summed E-state index contributed by atoms with van der Waals surface area (Å²) in [6, 6.07) is 16.7. The van der Waals surface area contributed by atoms with E-state index < -0.39 is 0 Å². The number of fused-ring (bicyclic) bond motifs is 1. The van der Waals surface area contributed by atoms with Crippen LogP contribution in [0.2, 0.25) is 0 Å². The number of para-hydroxylation sites is 1. The van der Waals surface area contributed by atoms with Gasteiger partial charge in [0.1, 0.15) is 18.1 Å².